The molecule has 3 aromatic carbocycles. The van der Waals surface area contributed by atoms with E-state index in [-0.39, 0.29) is 22.9 Å². The highest BCUT2D eigenvalue weighted by molar-refractivity contribution is 6.44. The van der Waals surface area contributed by atoms with Gasteiger partial charge in [0, 0.05) is 23.4 Å². The van der Waals surface area contributed by atoms with Crippen LogP contribution in [0.15, 0.2) is 48.5 Å². The Balaban J connectivity index is 1.63. The van der Waals surface area contributed by atoms with Gasteiger partial charge in [-0.3, -0.25) is 14.4 Å². The summed E-state index contributed by atoms with van der Waals surface area (Å²) < 4.78 is 5.51. The van der Waals surface area contributed by atoms with Crippen molar-refractivity contribution < 1.29 is 19.1 Å². The first-order valence-corrected chi connectivity index (χ1v) is 13.3. The highest BCUT2D eigenvalue weighted by atomic mass is 35.5. The number of nitrogens with one attached hydrogen (secondary N) is 2. The maximum atomic E-state index is 13.5. The molecule has 2 N–H and O–H groups in total. The zero-order valence-electron chi connectivity index (χ0n) is 20.3. The third-order valence-corrected chi connectivity index (χ3v) is 7.72. The Bertz CT molecular complexity index is 1340. The van der Waals surface area contributed by atoms with E-state index < -0.39 is 24.0 Å². The van der Waals surface area contributed by atoms with Crippen LogP contribution in [0, 0.1) is 5.92 Å². The third kappa shape index (κ3) is 6.75. The molecule has 0 bridgehead atoms. The third-order valence-electron chi connectivity index (χ3n) is 6.53. The van der Waals surface area contributed by atoms with Crippen molar-refractivity contribution >= 4 is 69.0 Å². The number of fused-ring (bicyclic) bond motifs is 1. The van der Waals surface area contributed by atoms with Crippen molar-refractivity contribution in [2.75, 3.05) is 5.32 Å². The number of anilines is 1. The van der Waals surface area contributed by atoms with Gasteiger partial charge in [-0.15, -0.1) is 0 Å². The summed E-state index contributed by atoms with van der Waals surface area (Å²) >= 11 is 18.6. The number of carbonyl (C=O) groups excluding carboxylic acids is 3. The molecule has 2 amide bonds. The number of hydrogen-bond donors (Lipinski definition) is 2. The van der Waals surface area contributed by atoms with Crippen LogP contribution in [0.2, 0.25) is 15.1 Å². The van der Waals surface area contributed by atoms with Crippen molar-refractivity contribution in [1.29, 1.82) is 0 Å². The number of ether oxygens (including phenoxy) is 1. The quantitative estimate of drug-likeness (QED) is 0.182. The fourth-order valence-corrected chi connectivity index (χ4v) is 5.37. The lowest BCUT2D eigenvalue weighted by Gasteiger charge is -2.30. The SMILES string of the molecule is CC(=O)O[C@H](NC(=O)c1cc2ccccc2cc1NC(=O)Cc1c(Cl)ccc(Cl)c1Cl)C1CCCCC1. The van der Waals surface area contributed by atoms with Crippen molar-refractivity contribution in [1.82, 2.24) is 5.32 Å². The molecule has 3 aromatic rings. The molecule has 1 saturated carbocycles. The Kier molecular flexibility index (Phi) is 8.95. The minimum atomic E-state index is -0.746. The largest absolute Gasteiger partial charge is 0.442 e. The van der Waals surface area contributed by atoms with E-state index in [2.05, 4.69) is 10.6 Å². The summed E-state index contributed by atoms with van der Waals surface area (Å²) in [6.45, 7) is 1.33. The van der Waals surface area contributed by atoms with Crippen molar-refractivity contribution in [3.05, 3.63) is 74.7 Å². The van der Waals surface area contributed by atoms with Crippen LogP contribution < -0.4 is 10.6 Å². The molecule has 1 aliphatic rings. The monoisotopic (exact) mass is 560 g/mol. The molecule has 0 spiro atoms. The number of amides is 2. The van der Waals surface area contributed by atoms with Gasteiger partial charge in [-0.1, -0.05) is 78.3 Å². The van der Waals surface area contributed by atoms with Crippen molar-refractivity contribution in [2.24, 2.45) is 5.92 Å². The average molecular weight is 562 g/mol. The molecule has 0 radical (unpaired) electrons. The van der Waals surface area contributed by atoms with Crippen molar-refractivity contribution in [3.8, 4) is 0 Å². The van der Waals surface area contributed by atoms with Crippen LogP contribution in [0.3, 0.4) is 0 Å². The summed E-state index contributed by atoms with van der Waals surface area (Å²) in [6, 6.07) is 14.1. The molecule has 6 nitrogen and oxygen atoms in total. The van der Waals surface area contributed by atoms with Gasteiger partial charge in [0.2, 0.25) is 5.91 Å². The van der Waals surface area contributed by atoms with Crippen LogP contribution in [0.1, 0.15) is 54.9 Å². The first-order valence-electron chi connectivity index (χ1n) is 12.2. The minimum Gasteiger partial charge on any atom is -0.442 e. The average Bonchev–Trinajstić information content (AvgIpc) is 2.88. The Morgan fingerprint density at radius 3 is 2.27 bits per heavy atom. The van der Waals surface area contributed by atoms with Gasteiger partial charge in [0.1, 0.15) is 0 Å². The highest BCUT2D eigenvalue weighted by Gasteiger charge is 2.29. The van der Waals surface area contributed by atoms with Gasteiger partial charge in [-0.05, 0) is 47.9 Å². The van der Waals surface area contributed by atoms with E-state index in [1.807, 2.05) is 24.3 Å². The van der Waals surface area contributed by atoms with E-state index in [0.29, 0.717) is 21.3 Å². The van der Waals surface area contributed by atoms with Crippen LogP contribution in [0.5, 0.6) is 0 Å². The van der Waals surface area contributed by atoms with Gasteiger partial charge in [0.05, 0.1) is 27.7 Å². The molecule has 194 valence electrons. The lowest BCUT2D eigenvalue weighted by atomic mass is 9.87. The molecule has 1 atom stereocenters. The molecule has 1 fully saturated rings. The van der Waals surface area contributed by atoms with Crippen LogP contribution >= 0.6 is 34.8 Å². The summed E-state index contributed by atoms with van der Waals surface area (Å²) in [6.07, 6.45) is 4.00. The summed E-state index contributed by atoms with van der Waals surface area (Å²) in [5.41, 5.74) is 0.969. The molecule has 0 aromatic heterocycles. The summed E-state index contributed by atoms with van der Waals surface area (Å²) in [5.74, 6) is -1.29. The van der Waals surface area contributed by atoms with E-state index >= 15 is 0 Å². The maximum absolute atomic E-state index is 13.5. The molecule has 9 heteroatoms. The van der Waals surface area contributed by atoms with E-state index in [1.165, 1.54) is 6.92 Å². The lowest BCUT2D eigenvalue weighted by molar-refractivity contribution is -0.151. The van der Waals surface area contributed by atoms with Crippen molar-refractivity contribution in [3.63, 3.8) is 0 Å². The molecular weight excluding hydrogens is 535 g/mol. The molecule has 0 aliphatic heterocycles. The normalized spacial score (nSPS) is 14.7. The molecule has 1 aliphatic carbocycles. The van der Waals surface area contributed by atoms with Gasteiger partial charge in [-0.2, -0.15) is 0 Å². The predicted molar refractivity (Wildman–Crippen MR) is 147 cm³/mol. The van der Waals surface area contributed by atoms with Gasteiger partial charge < -0.3 is 15.4 Å². The van der Waals surface area contributed by atoms with Gasteiger partial charge in [-0.25, -0.2) is 0 Å². The Morgan fingerprint density at radius 1 is 0.946 bits per heavy atom. The van der Waals surface area contributed by atoms with Gasteiger partial charge >= 0.3 is 5.97 Å². The van der Waals surface area contributed by atoms with Crippen LogP contribution in [-0.4, -0.2) is 24.0 Å². The molecule has 0 heterocycles. The number of halogens is 3. The number of benzene rings is 3. The number of esters is 1. The Hall–Kier alpha value is -2.80. The zero-order chi connectivity index (χ0) is 26.5. The first kappa shape index (κ1) is 27.2. The zero-order valence-corrected chi connectivity index (χ0v) is 22.6. The van der Waals surface area contributed by atoms with Gasteiger partial charge in [0.25, 0.3) is 5.91 Å². The number of hydrogen-bond acceptors (Lipinski definition) is 4. The summed E-state index contributed by atoms with van der Waals surface area (Å²) in [5, 5.41) is 8.21. The topological polar surface area (TPSA) is 84.5 Å². The molecule has 4 rings (SSSR count). The van der Waals surface area contributed by atoms with E-state index in [0.717, 1.165) is 42.9 Å². The number of rotatable bonds is 7. The standard InChI is InChI=1S/C28H27Cl3N2O4/c1-16(34)37-28(17-7-3-2-4-8-17)33-27(36)21-13-18-9-5-6-10-19(18)14-24(21)32-25(35)15-20-22(29)11-12-23(30)26(20)31/h5-6,9-14,17,28H,2-4,7-8,15H2,1H3,(H,32,35)(H,33,36)/t28-/m0/s1. The Morgan fingerprint density at radius 2 is 1.59 bits per heavy atom. The summed E-state index contributed by atoms with van der Waals surface area (Å²) in [7, 11) is 0. The highest BCUT2D eigenvalue weighted by Crippen LogP contribution is 2.33. The molecular formula is C28H27Cl3N2O4. The van der Waals surface area contributed by atoms with Crippen LogP contribution in [0.25, 0.3) is 10.8 Å². The second-order valence-electron chi connectivity index (χ2n) is 9.19. The van der Waals surface area contributed by atoms with Crippen LogP contribution in [0.4, 0.5) is 5.69 Å². The Labute approximate surface area is 230 Å². The molecule has 37 heavy (non-hydrogen) atoms. The fourth-order valence-electron chi connectivity index (χ4n) is 4.68. The van der Waals surface area contributed by atoms with Gasteiger partial charge in [0.15, 0.2) is 6.23 Å². The second-order valence-corrected chi connectivity index (χ2v) is 10.4. The minimum absolute atomic E-state index is 0.0345. The van der Waals surface area contributed by atoms with Crippen molar-refractivity contribution in [2.45, 2.75) is 51.7 Å². The molecule has 0 unspecified atom stereocenters. The second kappa shape index (κ2) is 12.2. The first-order chi connectivity index (χ1) is 17.7. The van der Waals surface area contributed by atoms with E-state index in [9.17, 15) is 14.4 Å². The maximum Gasteiger partial charge on any atom is 0.304 e. The smallest absolute Gasteiger partial charge is 0.304 e. The van der Waals surface area contributed by atoms with Crippen LogP contribution in [-0.2, 0) is 20.7 Å². The molecule has 0 saturated heterocycles. The number of carbonyl (C=O) groups is 3. The summed E-state index contributed by atoms with van der Waals surface area (Å²) in [4.78, 5) is 38.4. The van der Waals surface area contributed by atoms with E-state index in [4.69, 9.17) is 39.5 Å². The fraction of sp³-hybridized carbons (Fsp3) is 0.321. The lowest BCUT2D eigenvalue weighted by Crippen LogP contribution is -2.44. The van der Waals surface area contributed by atoms with E-state index in [1.54, 1.807) is 24.3 Å². The predicted octanol–water partition coefficient (Wildman–Crippen LogP) is 7.18.